The minimum absolute atomic E-state index is 0.162. The third-order valence-electron chi connectivity index (χ3n) is 4.47. The van der Waals surface area contributed by atoms with E-state index in [2.05, 4.69) is 0 Å². The van der Waals surface area contributed by atoms with Crippen LogP contribution in [-0.4, -0.2) is 33.0 Å². The first-order chi connectivity index (χ1) is 10.7. The van der Waals surface area contributed by atoms with Gasteiger partial charge in [0.2, 0.25) is 6.79 Å². The highest BCUT2D eigenvalue weighted by molar-refractivity contribution is 5.85. The number of carbonyl (C=O) groups is 2. The van der Waals surface area contributed by atoms with Crippen LogP contribution in [0.1, 0.15) is 23.3 Å². The Morgan fingerprint density at radius 3 is 1.82 bits per heavy atom. The lowest BCUT2D eigenvalue weighted by atomic mass is 9.75. The maximum atomic E-state index is 12.1. The molecule has 1 aromatic carbocycles. The zero-order valence-corrected chi connectivity index (χ0v) is 12.0. The number of carbonyl (C=O) groups excluding carboxylic acids is 2. The fraction of sp³-hybridized carbons (Fsp3) is 0.467. The van der Waals surface area contributed by atoms with Crippen molar-refractivity contribution in [2.24, 2.45) is 11.8 Å². The van der Waals surface area contributed by atoms with Crippen LogP contribution < -0.4 is 9.47 Å². The largest absolute Gasteiger partial charge is 0.469 e. The molecular weight excluding hydrogens is 292 g/mol. The number of ether oxygens (including phenoxy) is 5. The summed E-state index contributed by atoms with van der Waals surface area (Å²) in [6, 6.07) is 3.62. The molecule has 116 valence electrons. The van der Waals surface area contributed by atoms with E-state index >= 15 is 0 Å². The first-order valence-electron chi connectivity index (χ1n) is 6.90. The van der Waals surface area contributed by atoms with E-state index in [9.17, 15) is 9.59 Å². The van der Waals surface area contributed by atoms with Crippen LogP contribution in [0.5, 0.6) is 11.5 Å². The molecule has 0 unspecified atom stereocenters. The van der Waals surface area contributed by atoms with Gasteiger partial charge in [0, 0.05) is 0 Å². The van der Waals surface area contributed by atoms with Crippen LogP contribution in [0, 0.1) is 11.8 Å². The van der Waals surface area contributed by atoms with Crippen molar-refractivity contribution < 1.29 is 33.3 Å². The van der Waals surface area contributed by atoms with Crippen LogP contribution >= 0.6 is 0 Å². The van der Waals surface area contributed by atoms with Gasteiger partial charge in [0.25, 0.3) is 0 Å². The Kier molecular flexibility index (Phi) is 2.80. The van der Waals surface area contributed by atoms with E-state index in [0.29, 0.717) is 11.5 Å². The molecule has 0 aliphatic carbocycles. The number of methoxy groups -OCH3 is 2. The average Bonchev–Trinajstić information content (AvgIpc) is 3.23. The van der Waals surface area contributed by atoms with Gasteiger partial charge in [-0.2, -0.15) is 0 Å². The Hall–Kier alpha value is -2.28. The van der Waals surface area contributed by atoms with Gasteiger partial charge in [0.05, 0.1) is 26.4 Å². The van der Waals surface area contributed by atoms with E-state index in [4.69, 9.17) is 23.7 Å². The Morgan fingerprint density at radius 2 is 1.41 bits per heavy atom. The monoisotopic (exact) mass is 306 g/mol. The predicted octanol–water partition coefficient (Wildman–Crippen LogP) is 1.12. The number of rotatable bonds is 2. The molecule has 3 aliphatic heterocycles. The molecule has 0 aromatic heterocycles. The molecule has 0 amide bonds. The molecule has 2 bridgehead atoms. The molecule has 4 atom stereocenters. The molecule has 0 radical (unpaired) electrons. The molecule has 22 heavy (non-hydrogen) atoms. The van der Waals surface area contributed by atoms with E-state index in [0.717, 1.165) is 11.1 Å². The molecule has 1 saturated heterocycles. The lowest BCUT2D eigenvalue weighted by Gasteiger charge is -2.26. The molecule has 0 spiro atoms. The number of hydrogen-bond donors (Lipinski definition) is 0. The van der Waals surface area contributed by atoms with Crippen molar-refractivity contribution in [3.63, 3.8) is 0 Å². The fourth-order valence-corrected chi connectivity index (χ4v) is 3.52. The molecular formula is C15H14O7. The summed E-state index contributed by atoms with van der Waals surface area (Å²) in [7, 11) is 2.59. The molecule has 7 heteroatoms. The second-order valence-electron chi connectivity index (χ2n) is 5.41. The summed E-state index contributed by atoms with van der Waals surface area (Å²) in [4.78, 5) is 24.2. The predicted molar refractivity (Wildman–Crippen MR) is 70.1 cm³/mol. The number of fused-ring (bicyclic) bond motifs is 6. The molecule has 1 aromatic rings. The summed E-state index contributed by atoms with van der Waals surface area (Å²) in [5.41, 5.74) is 1.68. The summed E-state index contributed by atoms with van der Waals surface area (Å²) in [5, 5.41) is 0. The Bertz CT molecular complexity index is 613. The van der Waals surface area contributed by atoms with Crippen molar-refractivity contribution in [2.75, 3.05) is 21.0 Å². The summed E-state index contributed by atoms with van der Waals surface area (Å²) in [6.45, 7) is 0.162. The number of esters is 2. The maximum absolute atomic E-state index is 12.1. The molecule has 3 heterocycles. The van der Waals surface area contributed by atoms with Gasteiger partial charge in [-0.1, -0.05) is 0 Å². The van der Waals surface area contributed by atoms with Crippen LogP contribution in [0.2, 0.25) is 0 Å². The van der Waals surface area contributed by atoms with Gasteiger partial charge < -0.3 is 23.7 Å². The molecule has 0 saturated carbocycles. The minimum Gasteiger partial charge on any atom is -0.469 e. The molecule has 7 nitrogen and oxygen atoms in total. The Labute approximate surface area is 126 Å². The van der Waals surface area contributed by atoms with Crippen molar-refractivity contribution in [1.29, 1.82) is 0 Å². The smallest absolute Gasteiger partial charge is 0.312 e. The van der Waals surface area contributed by atoms with Gasteiger partial charge in [0.15, 0.2) is 11.5 Å². The van der Waals surface area contributed by atoms with Crippen LogP contribution in [0.15, 0.2) is 12.1 Å². The highest BCUT2D eigenvalue weighted by Crippen LogP contribution is 2.59. The zero-order chi connectivity index (χ0) is 15.4. The van der Waals surface area contributed by atoms with Gasteiger partial charge in [-0.15, -0.1) is 0 Å². The Balaban J connectivity index is 1.81. The summed E-state index contributed by atoms with van der Waals surface area (Å²) in [5.74, 6) is -1.15. The minimum atomic E-state index is -0.713. The van der Waals surface area contributed by atoms with E-state index in [1.54, 1.807) is 0 Å². The highest BCUT2D eigenvalue weighted by Gasteiger charge is 2.59. The van der Waals surface area contributed by atoms with Gasteiger partial charge in [-0.05, 0) is 23.3 Å². The van der Waals surface area contributed by atoms with Crippen molar-refractivity contribution in [3.8, 4) is 11.5 Å². The second-order valence-corrected chi connectivity index (χ2v) is 5.41. The van der Waals surface area contributed by atoms with Crippen molar-refractivity contribution in [2.45, 2.75) is 12.2 Å². The van der Waals surface area contributed by atoms with Gasteiger partial charge in [-0.25, -0.2) is 0 Å². The third kappa shape index (κ3) is 1.60. The van der Waals surface area contributed by atoms with Crippen LogP contribution in [0.3, 0.4) is 0 Å². The highest BCUT2D eigenvalue weighted by atomic mass is 16.7. The van der Waals surface area contributed by atoms with Gasteiger partial charge in [-0.3, -0.25) is 9.59 Å². The van der Waals surface area contributed by atoms with Crippen LogP contribution in [0.25, 0.3) is 0 Å². The summed E-state index contributed by atoms with van der Waals surface area (Å²) >= 11 is 0. The average molecular weight is 306 g/mol. The first-order valence-corrected chi connectivity index (χ1v) is 6.90. The van der Waals surface area contributed by atoms with Crippen molar-refractivity contribution >= 4 is 11.9 Å². The Morgan fingerprint density at radius 1 is 0.955 bits per heavy atom. The normalized spacial score (nSPS) is 30.1. The van der Waals surface area contributed by atoms with E-state index < -0.39 is 36.0 Å². The SMILES string of the molecule is COC(=O)[C@@H]1[C@H](C(=O)OC)[C@@H]2O[C@H]1c1cc3c(cc12)OCO3. The fourth-order valence-electron chi connectivity index (χ4n) is 3.52. The third-order valence-corrected chi connectivity index (χ3v) is 4.47. The number of benzene rings is 1. The van der Waals surface area contributed by atoms with Crippen molar-refractivity contribution in [3.05, 3.63) is 23.3 Å². The van der Waals surface area contributed by atoms with Crippen LogP contribution in [0.4, 0.5) is 0 Å². The van der Waals surface area contributed by atoms with Crippen molar-refractivity contribution in [1.82, 2.24) is 0 Å². The maximum Gasteiger partial charge on any atom is 0.312 e. The standard InChI is InChI=1S/C15H14O7/c1-18-14(16)10-11(15(17)19-2)13-7-4-9-8(20-5-21-9)3-6(7)12(10)22-13/h3-4,10-13H,5H2,1-2H3/t10-,11+,12+,13-. The first kappa shape index (κ1) is 13.4. The molecule has 4 rings (SSSR count). The van der Waals surface area contributed by atoms with E-state index in [-0.39, 0.29) is 6.79 Å². The van der Waals surface area contributed by atoms with E-state index in [1.807, 2.05) is 12.1 Å². The summed E-state index contributed by atoms with van der Waals surface area (Å²) < 4.78 is 26.3. The second kappa shape index (κ2) is 4.61. The van der Waals surface area contributed by atoms with Gasteiger partial charge in [0.1, 0.15) is 11.8 Å². The quantitative estimate of drug-likeness (QED) is 0.757. The molecule has 1 fully saturated rings. The zero-order valence-electron chi connectivity index (χ0n) is 12.0. The molecule has 3 aliphatic rings. The van der Waals surface area contributed by atoms with E-state index in [1.165, 1.54) is 14.2 Å². The van der Waals surface area contributed by atoms with Crippen LogP contribution in [-0.2, 0) is 23.8 Å². The molecule has 0 N–H and O–H groups in total. The summed E-state index contributed by atoms with van der Waals surface area (Å²) in [6.07, 6.45) is -1.07. The lowest BCUT2D eigenvalue weighted by molar-refractivity contribution is -0.157. The van der Waals surface area contributed by atoms with Gasteiger partial charge >= 0.3 is 11.9 Å². The topological polar surface area (TPSA) is 80.3 Å². The lowest BCUT2D eigenvalue weighted by Crippen LogP contribution is -2.35. The number of hydrogen-bond acceptors (Lipinski definition) is 7.